The maximum absolute atomic E-state index is 13.1. The Morgan fingerprint density at radius 3 is 2.12 bits per heavy atom. The molecule has 1 atom stereocenters. The predicted molar refractivity (Wildman–Crippen MR) is 127 cm³/mol. The number of amides is 3. The Morgan fingerprint density at radius 2 is 1.53 bits per heavy atom. The molecule has 0 saturated heterocycles. The van der Waals surface area contributed by atoms with E-state index in [9.17, 15) is 14.4 Å². The molecular weight excluding hydrogens is 426 g/mol. The van der Waals surface area contributed by atoms with Crippen molar-refractivity contribution in [1.29, 1.82) is 0 Å². The molecular formula is C25H24ClN3O3. The van der Waals surface area contributed by atoms with Crippen LogP contribution < -0.4 is 15.5 Å². The molecule has 32 heavy (non-hydrogen) atoms. The second-order valence-electron chi connectivity index (χ2n) is 7.34. The molecule has 0 aliphatic heterocycles. The molecule has 3 amide bonds. The van der Waals surface area contributed by atoms with Crippen molar-refractivity contribution in [3.8, 4) is 0 Å². The number of benzene rings is 3. The number of carbonyl (C=O) groups excluding carboxylic acids is 3. The van der Waals surface area contributed by atoms with E-state index in [2.05, 4.69) is 10.6 Å². The lowest BCUT2D eigenvalue weighted by Gasteiger charge is -2.20. The van der Waals surface area contributed by atoms with Gasteiger partial charge in [-0.05, 0) is 54.1 Å². The highest BCUT2D eigenvalue weighted by Crippen LogP contribution is 2.18. The maximum atomic E-state index is 13.1. The van der Waals surface area contributed by atoms with Crippen LogP contribution in [-0.2, 0) is 16.0 Å². The van der Waals surface area contributed by atoms with Crippen molar-refractivity contribution in [2.45, 2.75) is 19.4 Å². The molecule has 7 heteroatoms. The normalized spacial score (nSPS) is 11.3. The minimum Gasteiger partial charge on any atom is -0.340 e. The summed E-state index contributed by atoms with van der Waals surface area (Å²) in [5.41, 5.74) is 2.61. The van der Waals surface area contributed by atoms with E-state index in [1.54, 1.807) is 55.6 Å². The predicted octanol–water partition coefficient (Wildman–Crippen LogP) is 4.30. The van der Waals surface area contributed by atoms with Gasteiger partial charge in [0.05, 0.1) is 0 Å². The first-order valence-electron chi connectivity index (χ1n) is 10.1. The first kappa shape index (κ1) is 23.0. The van der Waals surface area contributed by atoms with Crippen LogP contribution in [0.25, 0.3) is 0 Å². The standard InChI is InChI=1S/C25H24ClN3O3/c1-17(30)29(2)22-14-12-21(13-15-22)27-25(32)23(16-18-6-4-3-5-7-18)28-24(31)19-8-10-20(26)11-9-19/h3-15,23H,16H2,1-2H3,(H,27,32)(H,28,31). The van der Waals surface area contributed by atoms with Crippen LogP contribution in [0, 0.1) is 0 Å². The first-order chi connectivity index (χ1) is 15.3. The van der Waals surface area contributed by atoms with Gasteiger partial charge in [0, 0.05) is 42.4 Å². The third-order valence-corrected chi connectivity index (χ3v) is 5.26. The minimum absolute atomic E-state index is 0.0883. The average Bonchev–Trinajstić information content (AvgIpc) is 2.79. The Morgan fingerprint density at radius 1 is 0.906 bits per heavy atom. The van der Waals surface area contributed by atoms with Crippen molar-refractivity contribution >= 4 is 40.7 Å². The fraction of sp³-hybridized carbons (Fsp3) is 0.160. The highest BCUT2D eigenvalue weighted by molar-refractivity contribution is 6.30. The lowest BCUT2D eigenvalue weighted by atomic mass is 10.0. The summed E-state index contributed by atoms with van der Waals surface area (Å²) in [4.78, 5) is 38.8. The van der Waals surface area contributed by atoms with Crippen molar-refractivity contribution in [2.75, 3.05) is 17.3 Å². The molecule has 0 aliphatic carbocycles. The molecule has 3 rings (SSSR count). The second kappa shape index (κ2) is 10.6. The number of hydrogen-bond acceptors (Lipinski definition) is 3. The van der Waals surface area contributed by atoms with Gasteiger partial charge in [0.15, 0.2) is 0 Å². The molecule has 0 aromatic heterocycles. The Hall–Kier alpha value is -3.64. The maximum Gasteiger partial charge on any atom is 0.251 e. The van der Waals surface area contributed by atoms with Gasteiger partial charge < -0.3 is 15.5 Å². The molecule has 0 aliphatic rings. The summed E-state index contributed by atoms with van der Waals surface area (Å²) in [5, 5.41) is 6.19. The number of carbonyl (C=O) groups is 3. The van der Waals surface area contributed by atoms with Crippen LogP contribution in [0.4, 0.5) is 11.4 Å². The number of anilines is 2. The monoisotopic (exact) mass is 449 g/mol. The SMILES string of the molecule is CC(=O)N(C)c1ccc(NC(=O)C(Cc2ccccc2)NC(=O)c2ccc(Cl)cc2)cc1. The van der Waals surface area contributed by atoms with Crippen LogP contribution in [0.2, 0.25) is 5.02 Å². The van der Waals surface area contributed by atoms with E-state index in [0.29, 0.717) is 28.4 Å². The molecule has 3 aromatic carbocycles. The summed E-state index contributed by atoms with van der Waals surface area (Å²) in [7, 11) is 1.68. The smallest absolute Gasteiger partial charge is 0.251 e. The van der Waals surface area contributed by atoms with Gasteiger partial charge in [-0.15, -0.1) is 0 Å². The number of rotatable bonds is 7. The molecule has 0 radical (unpaired) electrons. The Bertz CT molecular complexity index is 1080. The topological polar surface area (TPSA) is 78.5 Å². The highest BCUT2D eigenvalue weighted by Gasteiger charge is 2.22. The van der Waals surface area contributed by atoms with Crippen molar-refractivity contribution in [3.05, 3.63) is 95.0 Å². The summed E-state index contributed by atoms with van der Waals surface area (Å²) < 4.78 is 0. The summed E-state index contributed by atoms with van der Waals surface area (Å²) >= 11 is 5.90. The van der Waals surface area contributed by atoms with E-state index in [-0.39, 0.29) is 17.7 Å². The van der Waals surface area contributed by atoms with Gasteiger partial charge in [0.1, 0.15) is 6.04 Å². The van der Waals surface area contributed by atoms with Gasteiger partial charge in [0.2, 0.25) is 11.8 Å². The third kappa shape index (κ3) is 6.18. The van der Waals surface area contributed by atoms with Crippen LogP contribution in [-0.4, -0.2) is 30.8 Å². The summed E-state index contributed by atoms with van der Waals surface area (Å²) in [5.74, 6) is -0.797. The fourth-order valence-electron chi connectivity index (χ4n) is 3.08. The van der Waals surface area contributed by atoms with E-state index in [1.165, 1.54) is 11.8 Å². The molecule has 2 N–H and O–H groups in total. The van der Waals surface area contributed by atoms with Gasteiger partial charge in [-0.3, -0.25) is 14.4 Å². The number of nitrogens with one attached hydrogen (secondary N) is 2. The van der Waals surface area contributed by atoms with E-state index in [0.717, 1.165) is 5.56 Å². The summed E-state index contributed by atoms with van der Waals surface area (Å²) in [6.07, 6.45) is 0.331. The zero-order chi connectivity index (χ0) is 23.1. The largest absolute Gasteiger partial charge is 0.340 e. The summed E-state index contributed by atoms with van der Waals surface area (Å²) in [6, 6.07) is 22.1. The summed E-state index contributed by atoms with van der Waals surface area (Å²) in [6.45, 7) is 1.48. The van der Waals surface area contributed by atoms with E-state index >= 15 is 0 Å². The van der Waals surface area contributed by atoms with Crippen LogP contribution >= 0.6 is 11.6 Å². The molecule has 0 spiro atoms. The molecule has 0 heterocycles. The number of halogens is 1. The number of nitrogens with zero attached hydrogens (tertiary/aromatic N) is 1. The van der Waals surface area contributed by atoms with Gasteiger partial charge in [0.25, 0.3) is 5.91 Å². The highest BCUT2D eigenvalue weighted by atomic mass is 35.5. The molecule has 0 bridgehead atoms. The lowest BCUT2D eigenvalue weighted by molar-refractivity contribution is -0.118. The lowest BCUT2D eigenvalue weighted by Crippen LogP contribution is -2.45. The quantitative estimate of drug-likeness (QED) is 0.564. The van der Waals surface area contributed by atoms with Crippen LogP contribution in [0.3, 0.4) is 0 Å². The van der Waals surface area contributed by atoms with Gasteiger partial charge in [-0.25, -0.2) is 0 Å². The molecule has 1 unspecified atom stereocenters. The van der Waals surface area contributed by atoms with Gasteiger partial charge >= 0.3 is 0 Å². The van der Waals surface area contributed by atoms with Crippen LogP contribution in [0.1, 0.15) is 22.8 Å². The fourth-order valence-corrected chi connectivity index (χ4v) is 3.21. The Kier molecular flexibility index (Phi) is 7.63. The zero-order valence-electron chi connectivity index (χ0n) is 17.8. The van der Waals surface area contributed by atoms with Crippen molar-refractivity contribution in [2.24, 2.45) is 0 Å². The molecule has 164 valence electrons. The van der Waals surface area contributed by atoms with Crippen LogP contribution in [0.5, 0.6) is 0 Å². The molecule has 0 saturated carbocycles. The van der Waals surface area contributed by atoms with Crippen LogP contribution in [0.15, 0.2) is 78.9 Å². The van der Waals surface area contributed by atoms with E-state index in [1.807, 2.05) is 30.3 Å². The van der Waals surface area contributed by atoms with Crippen molar-refractivity contribution < 1.29 is 14.4 Å². The van der Waals surface area contributed by atoms with Gasteiger partial charge in [-0.2, -0.15) is 0 Å². The van der Waals surface area contributed by atoms with Crippen molar-refractivity contribution in [1.82, 2.24) is 5.32 Å². The van der Waals surface area contributed by atoms with Gasteiger partial charge in [-0.1, -0.05) is 41.9 Å². The zero-order valence-corrected chi connectivity index (χ0v) is 18.6. The average molecular weight is 450 g/mol. The first-order valence-corrected chi connectivity index (χ1v) is 10.5. The molecule has 6 nitrogen and oxygen atoms in total. The Balaban J connectivity index is 1.76. The number of hydrogen-bond donors (Lipinski definition) is 2. The van der Waals surface area contributed by atoms with E-state index in [4.69, 9.17) is 11.6 Å². The minimum atomic E-state index is -0.792. The van der Waals surface area contributed by atoms with E-state index < -0.39 is 6.04 Å². The Labute approximate surface area is 192 Å². The third-order valence-electron chi connectivity index (χ3n) is 5.01. The van der Waals surface area contributed by atoms with Crippen molar-refractivity contribution in [3.63, 3.8) is 0 Å². The second-order valence-corrected chi connectivity index (χ2v) is 7.77. The molecule has 3 aromatic rings. The molecule has 0 fully saturated rings.